The van der Waals surface area contributed by atoms with Gasteiger partial charge in [0.2, 0.25) is 0 Å². The minimum absolute atomic E-state index is 0.203. The minimum atomic E-state index is -0.756. The second kappa shape index (κ2) is 18.6. The normalized spacial score (nSPS) is 14.3. The molecule has 2 N–H and O–H groups in total. The van der Waals surface area contributed by atoms with Gasteiger partial charge in [0.15, 0.2) is 0 Å². The molecule has 12 heteroatoms. The number of carbonyl (C=O) groups is 3. The molecule has 37 heavy (non-hydrogen) atoms. The number of nitrogens with zero attached hydrogens (tertiary/aromatic N) is 3. The van der Waals surface area contributed by atoms with Crippen LogP contribution >= 0.6 is 15.9 Å². The fraction of sp³-hybridized carbons (Fsp3) is 0.880. The van der Waals surface area contributed by atoms with Gasteiger partial charge in [-0.2, -0.15) is 0 Å². The Morgan fingerprint density at radius 3 is 1.46 bits per heavy atom. The maximum atomic E-state index is 12.2. The maximum absolute atomic E-state index is 12.2. The zero-order valence-electron chi connectivity index (χ0n) is 24.3. The summed E-state index contributed by atoms with van der Waals surface area (Å²) in [5.41, 5.74) is 0. The minimum Gasteiger partial charge on any atom is -0.460 e. The molecule has 11 nitrogen and oxygen atoms in total. The van der Waals surface area contributed by atoms with E-state index in [4.69, 9.17) is 14.2 Å². The molecule has 0 aliphatic heterocycles. The topological polar surface area (TPSA) is 113 Å². The largest absolute Gasteiger partial charge is 0.460 e. The van der Waals surface area contributed by atoms with Crippen molar-refractivity contribution in [1.82, 2.24) is 25.3 Å². The molecule has 0 fully saturated rings. The second-order valence-corrected chi connectivity index (χ2v) is 12.5. The molecule has 0 aromatic carbocycles. The van der Waals surface area contributed by atoms with Crippen molar-refractivity contribution in [3.63, 3.8) is 0 Å². The van der Waals surface area contributed by atoms with Crippen LogP contribution in [-0.4, -0.2) is 129 Å². The van der Waals surface area contributed by atoms with Crippen molar-refractivity contribution in [2.75, 3.05) is 74.0 Å². The van der Waals surface area contributed by atoms with Crippen LogP contribution in [0.3, 0.4) is 0 Å². The Kier molecular flexibility index (Phi) is 17.8. The molecule has 0 heterocycles. The first-order valence-corrected chi connectivity index (χ1v) is 13.7. The molecule has 2 amide bonds. The molecule has 0 spiro atoms. The van der Waals surface area contributed by atoms with E-state index in [2.05, 4.69) is 31.5 Å². The summed E-state index contributed by atoms with van der Waals surface area (Å²) in [4.78, 5) is 42.3. The van der Waals surface area contributed by atoms with Gasteiger partial charge in [0, 0.05) is 32.7 Å². The average molecular weight is 597 g/mol. The average Bonchev–Trinajstić information content (AvgIpc) is 2.71. The van der Waals surface area contributed by atoms with Crippen LogP contribution in [0.5, 0.6) is 0 Å². The Morgan fingerprint density at radius 2 is 1.11 bits per heavy atom. The van der Waals surface area contributed by atoms with Crippen LogP contribution in [0.15, 0.2) is 0 Å². The number of halogens is 1. The van der Waals surface area contributed by atoms with Gasteiger partial charge in [-0.3, -0.25) is 9.69 Å². The van der Waals surface area contributed by atoms with E-state index in [1.807, 2.05) is 58.8 Å². The highest BCUT2D eigenvalue weighted by atomic mass is 79.9. The number of alkyl halides is 1. The number of ether oxygens (including phenoxy) is 3. The molecule has 0 rings (SSSR count). The number of esters is 1. The zero-order valence-corrected chi connectivity index (χ0v) is 25.9. The van der Waals surface area contributed by atoms with Gasteiger partial charge in [0.25, 0.3) is 0 Å². The summed E-state index contributed by atoms with van der Waals surface area (Å²) >= 11 is 3.33. The van der Waals surface area contributed by atoms with Crippen LogP contribution in [0, 0.1) is 0 Å². The monoisotopic (exact) mass is 595 g/mol. The number of likely N-dealkylation sites (N-methyl/N-ethyl adjacent to an activating group) is 2. The quantitative estimate of drug-likeness (QED) is 0.107. The number of hydrogen-bond acceptors (Lipinski definition) is 9. The Labute approximate surface area is 232 Å². The summed E-state index contributed by atoms with van der Waals surface area (Å²) in [6.45, 7) is 13.2. The third-order valence-electron chi connectivity index (χ3n) is 5.01. The second-order valence-electron chi connectivity index (χ2n) is 10.5. The van der Waals surface area contributed by atoms with Gasteiger partial charge in [-0.05, 0) is 88.7 Å². The first-order valence-electron chi connectivity index (χ1n) is 12.9. The zero-order chi connectivity index (χ0) is 28.6. The highest BCUT2D eigenvalue weighted by Gasteiger charge is 2.27. The molecule has 0 bridgehead atoms. The highest BCUT2D eigenvalue weighted by molar-refractivity contribution is 9.10. The van der Waals surface area contributed by atoms with E-state index in [0.717, 1.165) is 0 Å². The molecule has 0 saturated heterocycles. The Bertz CT molecular complexity index is 636. The van der Waals surface area contributed by atoms with Crippen LogP contribution in [-0.2, 0) is 19.0 Å². The van der Waals surface area contributed by atoms with Gasteiger partial charge in [-0.1, -0.05) is 15.9 Å². The Balaban J connectivity index is 4.64. The summed E-state index contributed by atoms with van der Waals surface area (Å²) in [5.74, 6) is -0.326. The summed E-state index contributed by atoms with van der Waals surface area (Å²) in [6, 6.07) is 0. The molecule has 0 aromatic heterocycles. The smallest absolute Gasteiger partial charge is 0.407 e. The number of rotatable bonds is 18. The van der Waals surface area contributed by atoms with E-state index in [1.165, 1.54) is 0 Å². The number of amides is 2. The van der Waals surface area contributed by atoms with Crippen LogP contribution in [0.4, 0.5) is 9.59 Å². The molecular formula is C25H50BrN5O6. The van der Waals surface area contributed by atoms with E-state index >= 15 is 0 Å². The Morgan fingerprint density at radius 1 is 0.730 bits per heavy atom. The summed E-state index contributed by atoms with van der Waals surface area (Å²) in [6.07, 6.45) is -0.211. The molecule has 3 atom stereocenters. The molecule has 3 unspecified atom stereocenters. The van der Waals surface area contributed by atoms with Crippen molar-refractivity contribution in [1.29, 1.82) is 0 Å². The molecule has 0 radical (unpaired) electrons. The highest BCUT2D eigenvalue weighted by Crippen LogP contribution is 2.18. The molecule has 0 aliphatic rings. The van der Waals surface area contributed by atoms with Crippen molar-refractivity contribution >= 4 is 34.1 Å². The van der Waals surface area contributed by atoms with Gasteiger partial charge >= 0.3 is 18.2 Å². The molecule has 0 aliphatic carbocycles. The number of hydrogen-bond donors (Lipinski definition) is 2. The third kappa shape index (κ3) is 20.1. The van der Waals surface area contributed by atoms with E-state index in [9.17, 15) is 14.4 Å². The van der Waals surface area contributed by atoms with Crippen molar-refractivity contribution in [2.45, 2.75) is 70.1 Å². The predicted octanol–water partition coefficient (Wildman–Crippen LogP) is 2.53. The molecule has 218 valence electrons. The summed E-state index contributed by atoms with van der Waals surface area (Å²) in [5, 5.41) is 5.57. The fourth-order valence-corrected chi connectivity index (χ4v) is 3.65. The fourth-order valence-electron chi connectivity index (χ4n) is 3.56. The Hall–Kier alpha value is -1.63. The van der Waals surface area contributed by atoms with Gasteiger partial charge in [-0.15, -0.1) is 0 Å². The molecule has 0 aromatic rings. The van der Waals surface area contributed by atoms with Crippen molar-refractivity contribution < 1.29 is 28.6 Å². The van der Waals surface area contributed by atoms with Crippen molar-refractivity contribution in [3.05, 3.63) is 0 Å². The number of alkyl carbamates (subject to hydrolysis) is 2. The number of carbonyl (C=O) groups excluding carboxylic acids is 3. The van der Waals surface area contributed by atoms with E-state index in [-0.39, 0.29) is 24.3 Å². The van der Waals surface area contributed by atoms with Gasteiger partial charge in [-0.25, -0.2) is 9.59 Å². The van der Waals surface area contributed by atoms with Crippen molar-refractivity contribution in [3.8, 4) is 0 Å². The first kappa shape index (κ1) is 35.4. The van der Waals surface area contributed by atoms with E-state index < -0.39 is 16.5 Å². The lowest BCUT2D eigenvalue weighted by atomic mass is 10.2. The summed E-state index contributed by atoms with van der Waals surface area (Å²) < 4.78 is 15.5. The van der Waals surface area contributed by atoms with Gasteiger partial charge in [0.05, 0.1) is 0 Å². The van der Waals surface area contributed by atoms with Gasteiger partial charge in [0.1, 0.15) is 22.6 Å². The number of nitrogens with one attached hydrogen (secondary N) is 2. The third-order valence-corrected chi connectivity index (χ3v) is 5.33. The van der Waals surface area contributed by atoms with Crippen LogP contribution in [0.25, 0.3) is 0 Å². The van der Waals surface area contributed by atoms with Crippen LogP contribution in [0.1, 0.15) is 47.5 Å². The SMILES string of the molecule is CC(CN(C)C)OC(=O)NCCCN(CCCNC(=O)OC(C)CN(C)C)CC(C)OC(=O)C(C)(C)Br. The predicted molar refractivity (Wildman–Crippen MR) is 149 cm³/mol. The van der Waals surface area contributed by atoms with E-state index in [0.29, 0.717) is 58.7 Å². The van der Waals surface area contributed by atoms with Crippen LogP contribution < -0.4 is 10.6 Å². The lowest BCUT2D eigenvalue weighted by molar-refractivity contribution is -0.150. The molecule has 0 saturated carbocycles. The lowest BCUT2D eigenvalue weighted by Gasteiger charge is -2.27. The summed E-state index contributed by atoms with van der Waals surface area (Å²) in [7, 11) is 7.70. The van der Waals surface area contributed by atoms with E-state index in [1.54, 1.807) is 13.8 Å². The first-order chi connectivity index (χ1) is 17.1. The van der Waals surface area contributed by atoms with Crippen LogP contribution in [0.2, 0.25) is 0 Å². The standard InChI is InChI=1S/C25H50BrN5O6/c1-19(16-29(6)7)36-23(33)27-12-10-14-31(18-21(3)35-22(32)25(4,5)26)15-11-13-28-24(34)37-20(2)17-30(8)9/h19-21H,10-18H2,1-9H3,(H,27,33)(H,28,34). The van der Waals surface area contributed by atoms with Gasteiger partial charge < -0.3 is 34.6 Å². The lowest BCUT2D eigenvalue weighted by Crippen LogP contribution is -2.40. The molecular weight excluding hydrogens is 546 g/mol. The van der Waals surface area contributed by atoms with Crippen molar-refractivity contribution in [2.24, 2.45) is 0 Å². The maximum Gasteiger partial charge on any atom is 0.407 e.